The van der Waals surface area contributed by atoms with Crippen LogP contribution in [0.25, 0.3) is 0 Å². The van der Waals surface area contributed by atoms with Gasteiger partial charge >= 0.3 is 5.97 Å². The number of nitrogens with zero attached hydrogens (tertiary/aromatic N) is 1. The second kappa shape index (κ2) is 13.7. The number of nitrogens with one attached hydrogen (secondary N) is 3. The third kappa shape index (κ3) is 6.75. The molecule has 1 aromatic heterocycles. The molecule has 3 N–H and O–H groups in total. The minimum absolute atomic E-state index is 0.0531. The molecular weight excluding hydrogens is 552 g/mol. The molecule has 0 aliphatic carbocycles. The van der Waals surface area contributed by atoms with Crippen molar-refractivity contribution in [2.45, 2.75) is 40.0 Å². The smallest absolute Gasteiger partial charge is 0.338 e. The number of carbonyl (C=O) groups excluding carboxylic acids is 3. The largest absolute Gasteiger partial charge is 0.468 e. The summed E-state index contributed by atoms with van der Waals surface area (Å²) in [4.78, 5) is 38.5. The number of furan rings is 1. The van der Waals surface area contributed by atoms with Crippen molar-refractivity contribution >= 4 is 40.9 Å². The number of ether oxygens (including phenoxy) is 1. The predicted octanol–water partition coefficient (Wildman–Crippen LogP) is 6.03. The van der Waals surface area contributed by atoms with Gasteiger partial charge in [-0.2, -0.15) is 5.26 Å². The fourth-order valence-electron chi connectivity index (χ4n) is 4.69. The lowest BCUT2D eigenvalue weighted by molar-refractivity contribution is -0.114. The van der Waals surface area contributed by atoms with Gasteiger partial charge in [0, 0.05) is 17.1 Å². The van der Waals surface area contributed by atoms with Crippen molar-refractivity contribution in [3.8, 4) is 6.07 Å². The standard InChI is InChI=1S/C32H32N4O5S/c1-5-21-10-7-9-19(3)29(21)36-26(37)18-42-31-24(17-33)28(25-11-8-16-41-25)27(20(4)34-31)30(38)35-23-14-12-22(13-15-23)32(39)40-6-2/h7-16,28,34H,5-6,18H2,1-4H3,(H,35,38)(H,36,37)/t28-/m1/s1. The Balaban J connectivity index is 1.55. The molecule has 2 amide bonds. The van der Waals surface area contributed by atoms with E-state index in [2.05, 4.69) is 22.0 Å². The lowest BCUT2D eigenvalue weighted by Crippen LogP contribution is -2.31. The highest BCUT2D eigenvalue weighted by atomic mass is 32.2. The number of nitriles is 1. The van der Waals surface area contributed by atoms with Crippen molar-refractivity contribution in [3.05, 3.63) is 105 Å². The number of esters is 1. The highest BCUT2D eigenvalue weighted by molar-refractivity contribution is 8.03. The van der Waals surface area contributed by atoms with E-state index in [1.54, 1.807) is 50.2 Å². The Morgan fingerprint density at radius 2 is 1.81 bits per heavy atom. The lowest BCUT2D eigenvalue weighted by Gasteiger charge is -2.28. The second-order valence-electron chi connectivity index (χ2n) is 9.52. The number of allylic oxidation sites excluding steroid dienone is 2. The maximum absolute atomic E-state index is 13.6. The van der Waals surface area contributed by atoms with E-state index in [9.17, 15) is 19.6 Å². The molecule has 0 bridgehead atoms. The molecule has 42 heavy (non-hydrogen) atoms. The van der Waals surface area contributed by atoms with Gasteiger partial charge < -0.3 is 25.1 Å². The summed E-state index contributed by atoms with van der Waals surface area (Å²) in [5.41, 5.74) is 4.74. The third-order valence-corrected chi connectivity index (χ3v) is 7.74. The first-order valence-electron chi connectivity index (χ1n) is 13.5. The Kier molecular flexibility index (Phi) is 9.89. The predicted molar refractivity (Wildman–Crippen MR) is 163 cm³/mol. The molecule has 0 spiro atoms. The molecule has 216 valence electrons. The van der Waals surface area contributed by atoms with E-state index in [-0.39, 0.29) is 23.8 Å². The zero-order valence-corrected chi connectivity index (χ0v) is 24.7. The Hall–Kier alpha value is -4.75. The number of dihydropyridines is 1. The number of rotatable bonds is 10. The number of benzene rings is 2. The van der Waals surface area contributed by atoms with E-state index in [1.165, 1.54) is 18.0 Å². The number of para-hydroxylation sites is 1. The number of aryl methyl sites for hydroxylation is 2. The number of hydrogen-bond acceptors (Lipinski definition) is 8. The Morgan fingerprint density at radius 1 is 1.05 bits per heavy atom. The first-order valence-corrected chi connectivity index (χ1v) is 14.5. The molecule has 2 aromatic carbocycles. The van der Waals surface area contributed by atoms with Gasteiger partial charge in [-0.1, -0.05) is 36.9 Å². The molecule has 4 rings (SSSR count). The van der Waals surface area contributed by atoms with E-state index in [0.29, 0.717) is 33.3 Å². The van der Waals surface area contributed by atoms with Gasteiger partial charge in [0.05, 0.1) is 52.3 Å². The van der Waals surface area contributed by atoms with E-state index in [1.807, 2.05) is 32.0 Å². The highest BCUT2D eigenvalue weighted by Gasteiger charge is 2.36. The van der Waals surface area contributed by atoms with Crippen molar-refractivity contribution in [1.29, 1.82) is 5.26 Å². The van der Waals surface area contributed by atoms with Crippen LogP contribution in [0, 0.1) is 18.3 Å². The third-order valence-electron chi connectivity index (χ3n) is 6.73. The van der Waals surface area contributed by atoms with Crippen LogP contribution in [0.4, 0.5) is 11.4 Å². The zero-order chi connectivity index (χ0) is 30.2. The summed E-state index contributed by atoms with van der Waals surface area (Å²) in [6, 6.07) is 17.9. The summed E-state index contributed by atoms with van der Waals surface area (Å²) < 4.78 is 10.7. The minimum Gasteiger partial charge on any atom is -0.468 e. The minimum atomic E-state index is -0.793. The number of thioether (sulfide) groups is 1. The average Bonchev–Trinajstić information content (AvgIpc) is 3.52. The molecular formula is C32H32N4O5S. The van der Waals surface area contributed by atoms with Crippen LogP contribution in [0.1, 0.15) is 53.9 Å². The van der Waals surface area contributed by atoms with Gasteiger partial charge in [-0.3, -0.25) is 9.59 Å². The molecule has 0 fully saturated rings. The summed E-state index contributed by atoms with van der Waals surface area (Å²) in [5, 5.41) is 19.7. The van der Waals surface area contributed by atoms with Crippen molar-refractivity contribution in [3.63, 3.8) is 0 Å². The van der Waals surface area contributed by atoms with E-state index >= 15 is 0 Å². The maximum atomic E-state index is 13.6. The molecule has 1 aliphatic rings. The van der Waals surface area contributed by atoms with Gasteiger partial charge in [-0.05, 0) is 74.7 Å². The van der Waals surface area contributed by atoms with Gasteiger partial charge in [0.1, 0.15) is 5.76 Å². The summed E-state index contributed by atoms with van der Waals surface area (Å²) in [7, 11) is 0. The van der Waals surface area contributed by atoms with Crippen LogP contribution in [0.15, 0.2) is 87.1 Å². The van der Waals surface area contributed by atoms with Gasteiger partial charge in [0.25, 0.3) is 5.91 Å². The molecule has 1 atom stereocenters. The fraction of sp³-hybridized carbons (Fsp3) is 0.250. The summed E-state index contributed by atoms with van der Waals surface area (Å²) >= 11 is 1.19. The fourth-order valence-corrected chi connectivity index (χ4v) is 5.58. The normalized spacial score (nSPS) is 14.6. The van der Waals surface area contributed by atoms with Gasteiger partial charge in [0.15, 0.2) is 0 Å². The van der Waals surface area contributed by atoms with E-state index < -0.39 is 17.8 Å². The average molecular weight is 585 g/mol. The quantitative estimate of drug-likeness (QED) is 0.246. The van der Waals surface area contributed by atoms with Gasteiger partial charge in [-0.25, -0.2) is 4.79 Å². The highest BCUT2D eigenvalue weighted by Crippen LogP contribution is 2.41. The van der Waals surface area contributed by atoms with Gasteiger partial charge in [0.2, 0.25) is 5.91 Å². The first-order chi connectivity index (χ1) is 20.3. The Labute approximate surface area is 249 Å². The van der Waals surface area contributed by atoms with Crippen molar-refractivity contribution < 1.29 is 23.5 Å². The lowest BCUT2D eigenvalue weighted by atomic mass is 9.85. The van der Waals surface area contributed by atoms with Crippen LogP contribution in [0.2, 0.25) is 0 Å². The molecule has 0 saturated carbocycles. The van der Waals surface area contributed by atoms with E-state index in [0.717, 1.165) is 23.2 Å². The number of anilines is 2. The van der Waals surface area contributed by atoms with Crippen molar-refractivity contribution in [2.75, 3.05) is 23.0 Å². The van der Waals surface area contributed by atoms with Crippen LogP contribution in [0.3, 0.4) is 0 Å². The number of carbonyl (C=O) groups is 3. The van der Waals surface area contributed by atoms with Crippen LogP contribution < -0.4 is 16.0 Å². The van der Waals surface area contributed by atoms with E-state index in [4.69, 9.17) is 9.15 Å². The second-order valence-corrected chi connectivity index (χ2v) is 10.5. The topological polar surface area (TPSA) is 133 Å². The van der Waals surface area contributed by atoms with Crippen LogP contribution in [0.5, 0.6) is 0 Å². The molecule has 0 unspecified atom stereocenters. The SMILES string of the molecule is CCOC(=O)c1ccc(NC(=O)C2=C(C)NC(SCC(=O)Nc3c(C)cccc3CC)=C(C#N)[C@@H]2c2ccco2)cc1. The van der Waals surface area contributed by atoms with Crippen LogP contribution in [-0.4, -0.2) is 30.1 Å². The number of hydrogen-bond donors (Lipinski definition) is 3. The molecule has 3 aromatic rings. The number of amides is 2. The Morgan fingerprint density at radius 3 is 2.45 bits per heavy atom. The maximum Gasteiger partial charge on any atom is 0.338 e. The molecule has 1 aliphatic heterocycles. The Bertz CT molecular complexity index is 1580. The van der Waals surface area contributed by atoms with Crippen molar-refractivity contribution in [2.24, 2.45) is 0 Å². The summed E-state index contributed by atoms with van der Waals surface area (Å²) in [6.07, 6.45) is 2.27. The summed E-state index contributed by atoms with van der Waals surface area (Å²) in [5.74, 6) is -1.41. The van der Waals surface area contributed by atoms with Crippen molar-refractivity contribution in [1.82, 2.24) is 5.32 Å². The zero-order valence-electron chi connectivity index (χ0n) is 23.9. The summed E-state index contributed by atoms with van der Waals surface area (Å²) in [6.45, 7) is 7.71. The molecule has 2 heterocycles. The van der Waals surface area contributed by atoms with Crippen LogP contribution >= 0.6 is 11.8 Å². The molecule has 9 nitrogen and oxygen atoms in total. The van der Waals surface area contributed by atoms with Crippen LogP contribution in [-0.2, 0) is 20.7 Å². The first kappa shape index (κ1) is 30.2. The molecule has 10 heteroatoms. The monoisotopic (exact) mass is 584 g/mol. The molecule has 0 radical (unpaired) electrons. The van der Waals surface area contributed by atoms with Gasteiger partial charge in [-0.15, -0.1) is 0 Å². The molecule has 0 saturated heterocycles.